The Labute approximate surface area is 158 Å². The summed E-state index contributed by atoms with van der Waals surface area (Å²) < 4.78 is 44.1. The van der Waals surface area contributed by atoms with E-state index in [1.807, 2.05) is 0 Å². The Bertz CT molecular complexity index is 824. The summed E-state index contributed by atoms with van der Waals surface area (Å²) in [6.45, 7) is 1.08. The highest BCUT2D eigenvalue weighted by Gasteiger charge is 2.31. The molecule has 0 bridgehead atoms. The van der Waals surface area contributed by atoms with Crippen molar-refractivity contribution >= 4 is 28.9 Å². The lowest BCUT2D eigenvalue weighted by Gasteiger charge is -2.13. The third kappa shape index (κ3) is 5.11. The quantitative estimate of drug-likeness (QED) is 0.782. The topological polar surface area (TPSA) is 63.2 Å². The van der Waals surface area contributed by atoms with Crippen LogP contribution >= 0.6 is 11.6 Å². The Morgan fingerprint density at radius 3 is 2.81 bits per heavy atom. The van der Waals surface area contributed by atoms with E-state index in [0.717, 1.165) is 25.0 Å². The maximum absolute atomic E-state index is 12.9. The molecule has 2 heterocycles. The Morgan fingerprint density at radius 2 is 2.11 bits per heavy atom. The van der Waals surface area contributed by atoms with Crippen LogP contribution in [0.3, 0.4) is 0 Å². The second-order valence-corrected chi connectivity index (χ2v) is 6.50. The number of carbonyl (C=O) groups excluding carboxylic acids is 1. The Kier molecular flexibility index (Phi) is 5.86. The van der Waals surface area contributed by atoms with E-state index in [4.69, 9.17) is 16.3 Å². The number of rotatable bonds is 5. The van der Waals surface area contributed by atoms with Gasteiger partial charge in [-0.15, -0.1) is 0 Å². The largest absolute Gasteiger partial charge is 0.416 e. The predicted molar refractivity (Wildman–Crippen MR) is 95.3 cm³/mol. The van der Waals surface area contributed by atoms with Gasteiger partial charge in [-0.2, -0.15) is 13.2 Å². The number of nitrogens with zero attached hydrogens (tertiary/aromatic N) is 1. The van der Waals surface area contributed by atoms with Gasteiger partial charge >= 0.3 is 6.18 Å². The third-order valence-electron chi connectivity index (χ3n) is 4.08. The number of pyridine rings is 1. The minimum absolute atomic E-state index is 0.000766. The summed E-state index contributed by atoms with van der Waals surface area (Å²) in [5.74, 6) is -0.385. The molecule has 0 saturated carbocycles. The van der Waals surface area contributed by atoms with Crippen molar-refractivity contribution in [3.63, 3.8) is 0 Å². The van der Waals surface area contributed by atoms with E-state index in [1.54, 1.807) is 0 Å². The number of alkyl halides is 3. The van der Waals surface area contributed by atoms with Crippen molar-refractivity contribution in [2.24, 2.45) is 0 Å². The standard InChI is InChI=1S/C18H17ClF3N3O2/c19-14-4-3-11(18(20,21)22)8-15(14)25-12-5-6-23-16(9-12)17(26)24-10-13-2-1-7-27-13/h3-6,8-9,13H,1-2,7,10H2,(H,23,25)(H,24,26). The van der Waals surface area contributed by atoms with Crippen LogP contribution in [0, 0.1) is 0 Å². The third-order valence-corrected chi connectivity index (χ3v) is 4.41. The summed E-state index contributed by atoms with van der Waals surface area (Å²) in [6.07, 6.45) is -1.23. The molecule has 1 saturated heterocycles. The van der Waals surface area contributed by atoms with Crippen molar-refractivity contribution in [1.29, 1.82) is 0 Å². The van der Waals surface area contributed by atoms with Gasteiger partial charge in [0.25, 0.3) is 5.91 Å². The highest BCUT2D eigenvalue weighted by molar-refractivity contribution is 6.33. The number of carbonyl (C=O) groups is 1. The van der Waals surface area contributed by atoms with Crippen LogP contribution in [0.1, 0.15) is 28.9 Å². The molecule has 0 aliphatic carbocycles. The van der Waals surface area contributed by atoms with E-state index >= 15 is 0 Å². The van der Waals surface area contributed by atoms with E-state index in [2.05, 4.69) is 15.6 Å². The normalized spacial score (nSPS) is 17.0. The number of nitrogens with one attached hydrogen (secondary N) is 2. The Morgan fingerprint density at radius 1 is 1.30 bits per heavy atom. The molecule has 1 fully saturated rings. The molecule has 0 spiro atoms. The number of hydrogen-bond donors (Lipinski definition) is 2. The van der Waals surface area contributed by atoms with E-state index in [-0.39, 0.29) is 28.4 Å². The molecule has 3 rings (SSSR count). The summed E-state index contributed by atoms with van der Waals surface area (Å²) in [5, 5.41) is 5.67. The summed E-state index contributed by atoms with van der Waals surface area (Å²) in [5.41, 5.74) is -0.198. The average molecular weight is 400 g/mol. The van der Waals surface area contributed by atoms with Crippen molar-refractivity contribution in [1.82, 2.24) is 10.3 Å². The fraction of sp³-hybridized carbons (Fsp3) is 0.333. The molecule has 1 aliphatic heterocycles. The molecule has 144 valence electrons. The summed E-state index contributed by atoms with van der Waals surface area (Å²) in [7, 11) is 0. The molecule has 1 aliphatic rings. The van der Waals surface area contributed by atoms with E-state index in [1.165, 1.54) is 24.4 Å². The van der Waals surface area contributed by atoms with Crippen LogP contribution in [0.25, 0.3) is 0 Å². The van der Waals surface area contributed by atoms with E-state index in [9.17, 15) is 18.0 Å². The molecule has 1 unspecified atom stereocenters. The highest BCUT2D eigenvalue weighted by Crippen LogP contribution is 2.34. The maximum Gasteiger partial charge on any atom is 0.416 e. The molecule has 1 amide bonds. The lowest BCUT2D eigenvalue weighted by Crippen LogP contribution is -2.32. The van der Waals surface area contributed by atoms with Gasteiger partial charge in [0.15, 0.2) is 0 Å². The zero-order chi connectivity index (χ0) is 19.4. The summed E-state index contributed by atoms with van der Waals surface area (Å²) in [6, 6.07) is 5.97. The van der Waals surface area contributed by atoms with Crippen LogP contribution in [0.4, 0.5) is 24.5 Å². The SMILES string of the molecule is O=C(NCC1CCCO1)c1cc(Nc2cc(C(F)(F)F)ccc2Cl)ccn1. The van der Waals surface area contributed by atoms with Crippen molar-refractivity contribution in [2.45, 2.75) is 25.1 Å². The number of amides is 1. The fourth-order valence-electron chi connectivity index (χ4n) is 2.69. The van der Waals surface area contributed by atoms with Gasteiger partial charge in [0.05, 0.1) is 22.4 Å². The fourth-order valence-corrected chi connectivity index (χ4v) is 2.85. The lowest BCUT2D eigenvalue weighted by atomic mass is 10.2. The lowest BCUT2D eigenvalue weighted by molar-refractivity contribution is -0.137. The molecule has 1 aromatic heterocycles. The molecule has 5 nitrogen and oxygen atoms in total. The predicted octanol–water partition coefficient (Wildman–Crippen LogP) is 4.41. The van der Waals surface area contributed by atoms with Crippen molar-refractivity contribution < 1.29 is 22.7 Å². The number of halogens is 4. The van der Waals surface area contributed by atoms with Gasteiger partial charge in [0, 0.05) is 25.0 Å². The monoisotopic (exact) mass is 399 g/mol. The number of aromatic nitrogens is 1. The Hall–Kier alpha value is -2.32. The minimum atomic E-state index is -4.48. The van der Waals surface area contributed by atoms with Crippen LogP contribution in [-0.2, 0) is 10.9 Å². The molecule has 1 atom stereocenters. The van der Waals surface area contributed by atoms with Crippen LogP contribution in [0.2, 0.25) is 5.02 Å². The first-order valence-electron chi connectivity index (χ1n) is 8.32. The van der Waals surface area contributed by atoms with E-state index in [0.29, 0.717) is 18.8 Å². The van der Waals surface area contributed by atoms with Crippen molar-refractivity contribution in [3.05, 3.63) is 52.8 Å². The first-order valence-corrected chi connectivity index (χ1v) is 8.70. The molecular formula is C18H17ClF3N3O2. The first kappa shape index (κ1) is 19.4. The van der Waals surface area contributed by atoms with E-state index < -0.39 is 11.7 Å². The summed E-state index contributed by atoms with van der Waals surface area (Å²) >= 11 is 5.98. The number of ether oxygens (including phenoxy) is 1. The number of hydrogen-bond acceptors (Lipinski definition) is 4. The van der Waals surface area contributed by atoms with Crippen LogP contribution < -0.4 is 10.6 Å². The molecular weight excluding hydrogens is 383 g/mol. The van der Waals surface area contributed by atoms with Gasteiger partial charge in [0.1, 0.15) is 5.69 Å². The molecule has 1 aromatic carbocycles. The van der Waals surface area contributed by atoms with Gasteiger partial charge in [-0.1, -0.05) is 11.6 Å². The van der Waals surface area contributed by atoms with Gasteiger partial charge in [-0.05, 0) is 43.2 Å². The highest BCUT2D eigenvalue weighted by atomic mass is 35.5. The molecule has 27 heavy (non-hydrogen) atoms. The van der Waals surface area contributed by atoms with Crippen LogP contribution in [-0.4, -0.2) is 30.1 Å². The van der Waals surface area contributed by atoms with Crippen molar-refractivity contribution in [3.8, 4) is 0 Å². The summed E-state index contributed by atoms with van der Waals surface area (Å²) in [4.78, 5) is 16.2. The number of benzene rings is 1. The zero-order valence-corrected chi connectivity index (χ0v) is 14.9. The van der Waals surface area contributed by atoms with Gasteiger partial charge < -0.3 is 15.4 Å². The van der Waals surface area contributed by atoms with Gasteiger partial charge in [-0.25, -0.2) is 0 Å². The first-order chi connectivity index (χ1) is 12.8. The Balaban J connectivity index is 1.71. The average Bonchev–Trinajstić information content (AvgIpc) is 3.14. The second kappa shape index (κ2) is 8.14. The van der Waals surface area contributed by atoms with Gasteiger partial charge in [0.2, 0.25) is 0 Å². The maximum atomic E-state index is 12.9. The minimum Gasteiger partial charge on any atom is -0.376 e. The zero-order valence-electron chi connectivity index (χ0n) is 14.1. The number of anilines is 2. The molecule has 2 N–H and O–H groups in total. The molecule has 9 heteroatoms. The van der Waals surface area contributed by atoms with Crippen LogP contribution in [0.15, 0.2) is 36.5 Å². The second-order valence-electron chi connectivity index (χ2n) is 6.09. The van der Waals surface area contributed by atoms with Crippen LogP contribution in [0.5, 0.6) is 0 Å². The smallest absolute Gasteiger partial charge is 0.376 e. The molecule has 2 aromatic rings. The van der Waals surface area contributed by atoms with Gasteiger partial charge in [-0.3, -0.25) is 9.78 Å². The molecule has 0 radical (unpaired) electrons. The van der Waals surface area contributed by atoms with Crippen molar-refractivity contribution in [2.75, 3.05) is 18.5 Å².